The Balaban J connectivity index is 1.93. The number of methoxy groups -OCH3 is 1. The average Bonchev–Trinajstić information content (AvgIpc) is 2.87. The molecule has 0 atom stereocenters. The van der Waals surface area contributed by atoms with Crippen LogP contribution in [0.15, 0.2) is 48.5 Å². The molecule has 25 heavy (non-hydrogen) atoms. The molecule has 0 fully saturated rings. The van der Waals surface area contributed by atoms with Crippen molar-refractivity contribution in [2.45, 2.75) is 6.42 Å². The van der Waals surface area contributed by atoms with Gasteiger partial charge >= 0.3 is 5.97 Å². The maximum Gasteiger partial charge on any atom is 0.352 e. The molecule has 3 aromatic rings. The van der Waals surface area contributed by atoms with Crippen molar-refractivity contribution in [3.63, 3.8) is 0 Å². The Labute approximate surface area is 144 Å². The lowest BCUT2D eigenvalue weighted by molar-refractivity contribution is -0.115. The van der Waals surface area contributed by atoms with Crippen molar-refractivity contribution in [3.05, 3.63) is 59.8 Å². The number of carbonyl (C=O) groups is 2. The van der Waals surface area contributed by atoms with Crippen LogP contribution in [0.25, 0.3) is 10.9 Å². The second kappa shape index (κ2) is 6.68. The number of anilines is 1. The van der Waals surface area contributed by atoms with Crippen LogP contribution in [0.1, 0.15) is 16.1 Å². The summed E-state index contributed by atoms with van der Waals surface area (Å²) >= 11 is 0. The zero-order chi connectivity index (χ0) is 18.0. The van der Waals surface area contributed by atoms with Crippen molar-refractivity contribution in [1.29, 1.82) is 0 Å². The van der Waals surface area contributed by atoms with Crippen LogP contribution in [-0.4, -0.2) is 28.7 Å². The maximum atomic E-state index is 12.5. The van der Waals surface area contributed by atoms with Crippen molar-refractivity contribution in [3.8, 4) is 5.75 Å². The Morgan fingerprint density at radius 3 is 2.64 bits per heavy atom. The highest BCUT2D eigenvalue weighted by molar-refractivity contribution is 6.02. The smallest absolute Gasteiger partial charge is 0.352 e. The van der Waals surface area contributed by atoms with E-state index >= 15 is 0 Å². The number of benzene rings is 2. The Morgan fingerprint density at radius 1 is 1.16 bits per heavy atom. The summed E-state index contributed by atoms with van der Waals surface area (Å²) in [5.74, 6) is -0.704. The van der Waals surface area contributed by atoms with E-state index in [0.717, 1.165) is 10.9 Å². The minimum Gasteiger partial charge on any atom is -0.497 e. The predicted molar refractivity (Wildman–Crippen MR) is 95.2 cm³/mol. The lowest BCUT2D eigenvalue weighted by atomic mass is 10.1. The van der Waals surface area contributed by atoms with Crippen molar-refractivity contribution >= 4 is 28.5 Å². The van der Waals surface area contributed by atoms with Gasteiger partial charge in [-0.25, -0.2) is 4.79 Å². The van der Waals surface area contributed by atoms with E-state index in [1.54, 1.807) is 43.0 Å². The number of rotatable bonds is 5. The van der Waals surface area contributed by atoms with Gasteiger partial charge in [-0.2, -0.15) is 0 Å². The van der Waals surface area contributed by atoms with Crippen LogP contribution < -0.4 is 10.1 Å². The summed E-state index contributed by atoms with van der Waals surface area (Å²) in [7, 11) is 3.24. The van der Waals surface area contributed by atoms with Crippen LogP contribution in [-0.2, 0) is 18.3 Å². The van der Waals surface area contributed by atoms with Gasteiger partial charge in [-0.3, -0.25) is 4.79 Å². The first kappa shape index (κ1) is 16.6. The number of para-hydroxylation sites is 1. The fourth-order valence-electron chi connectivity index (χ4n) is 2.99. The van der Waals surface area contributed by atoms with Crippen LogP contribution in [0.5, 0.6) is 5.75 Å². The molecule has 1 amide bonds. The molecule has 1 aromatic heterocycles. The molecule has 6 heteroatoms. The summed E-state index contributed by atoms with van der Waals surface area (Å²) in [5, 5.41) is 13.1. The third-order valence-corrected chi connectivity index (χ3v) is 4.11. The molecule has 0 saturated carbocycles. The molecule has 1 heterocycles. The quantitative estimate of drug-likeness (QED) is 0.749. The molecule has 128 valence electrons. The number of nitrogens with zero attached hydrogens (tertiary/aromatic N) is 1. The average molecular weight is 338 g/mol. The van der Waals surface area contributed by atoms with Gasteiger partial charge in [0.1, 0.15) is 11.4 Å². The highest BCUT2D eigenvalue weighted by Gasteiger charge is 2.22. The second-order valence-corrected chi connectivity index (χ2v) is 5.67. The lowest BCUT2D eigenvalue weighted by Gasteiger charge is -2.07. The van der Waals surface area contributed by atoms with Crippen molar-refractivity contribution in [2.75, 3.05) is 12.4 Å². The number of aromatic carboxylic acids is 1. The van der Waals surface area contributed by atoms with Crippen molar-refractivity contribution in [2.24, 2.45) is 7.05 Å². The monoisotopic (exact) mass is 338 g/mol. The van der Waals surface area contributed by atoms with E-state index in [0.29, 0.717) is 17.0 Å². The summed E-state index contributed by atoms with van der Waals surface area (Å²) in [6.45, 7) is 0. The molecule has 0 spiro atoms. The number of hydrogen-bond donors (Lipinski definition) is 2. The van der Waals surface area contributed by atoms with Gasteiger partial charge in [0.05, 0.1) is 13.5 Å². The fourth-order valence-corrected chi connectivity index (χ4v) is 2.99. The number of hydrogen-bond acceptors (Lipinski definition) is 3. The minimum atomic E-state index is -1.05. The van der Waals surface area contributed by atoms with E-state index in [2.05, 4.69) is 5.32 Å². The number of carboxylic acid groups (broad SMARTS) is 1. The van der Waals surface area contributed by atoms with Gasteiger partial charge in [0, 0.05) is 35.3 Å². The van der Waals surface area contributed by atoms with Gasteiger partial charge in [0.25, 0.3) is 0 Å². The van der Waals surface area contributed by atoms with Crippen molar-refractivity contribution < 1.29 is 19.4 Å². The van der Waals surface area contributed by atoms with E-state index in [9.17, 15) is 14.7 Å². The van der Waals surface area contributed by atoms with Gasteiger partial charge in [0.2, 0.25) is 5.91 Å². The number of amides is 1. The number of nitrogens with one attached hydrogen (secondary N) is 1. The maximum absolute atomic E-state index is 12.5. The van der Waals surface area contributed by atoms with E-state index in [4.69, 9.17) is 4.74 Å². The number of carbonyl (C=O) groups excluding carboxylic acids is 1. The van der Waals surface area contributed by atoms with Crippen molar-refractivity contribution in [1.82, 2.24) is 4.57 Å². The molecule has 6 nitrogen and oxygen atoms in total. The molecule has 2 N–H and O–H groups in total. The molecular weight excluding hydrogens is 320 g/mol. The minimum absolute atomic E-state index is 0.0276. The lowest BCUT2D eigenvalue weighted by Crippen LogP contribution is -2.17. The van der Waals surface area contributed by atoms with E-state index in [1.165, 1.54) is 0 Å². The van der Waals surface area contributed by atoms with Crippen LogP contribution in [0.4, 0.5) is 5.69 Å². The van der Waals surface area contributed by atoms with Crippen LogP contribution in [0.3, 0.4) is 0 Å². The summed E-state index contributed by atoms with van der Waals surface area (Å²) in [6, 6.07) is 14.4. The third-order valence-electron chi connectivity index (χ3n) is 4.11. The Kier molecular flexibility index (Phi) is 4.43. The van der Waals surface area contributed by atoms with E-state index in [-0.39, 0.29) is 18.0 Å². The summed E-state index contributed by atoms with van der Waals surface area (Å²) < 4.78 is 6.74. The fraction of sp³-hybridized carbons (Fsp3) is 0.158. The topological polar surface area (TPSA) is 80.6 Å². The first-order valence-electron chi connectivity index (χ1n) is 7.74. The molecule has 0 bridgehead atoms. The molecule has 0 radical (unpaired) electrons. The zero-order valence-electron chi connectivity index (χ0n) is 13.9. The number of aromatic nitrogens is 1. The second-order valence-electron chi connectivity index (χ2n) is 5.67. The summed E-state index contributed by atoms with van der Waals surface area (Å²) in [4.78, 5) is 24.1. The number of ether oxygens (including phenoxy) is 1. The first-order valence-corrected chi connectivity index (χ1v) is 7.74. The number of fused-ring (bicyclic) bond motifs is 1. The molecule has 0 aliphatic rings. The molecule has 2 aromatic carbocycles. The molecule has 0 aliphatic carbocycles. The molecular formula is C19H18N2O4. The van der Waals surface area contributed by atoms with Crippen LogP contribution >= 0.6 is 0 Å². The standard InChI is InChI=1S/C19H18N2O4/c1-21-16-9-4-3-8-14(16)15(18(21)19(23)24)11-17(22)20-12-6-5-7-13(10-12)25-2/h3-10H,11H2,1-2H3,(H,20,22)(H,23,24). The van der Waals surface area contributed by atoms with Gasteiger partial charge in [-0.15, -0.1) is 0 Å². The SMILES string of the molecule is COc1cccc(NC(=O)Cc2c(C(=O)O)n(C)c3ccccc23)c1. The van der Waals surface area contributed by atoms with E-state index < -0.39 is 5.97 Å². The van der Waals surface area contributed by atoms with Crippen LogP contribution in [0.2, 0.25) is 0 Å². The third kappa shape index (κ3) is 3.19. The van der Waals surface area contributed by atoms with Gasteiger partial charge < -0.3 is 19.7 Å². The molecule has 0 aliphatic heterocycles. The predicted octanol–water partition coefficient (Wildman–Crippen LogP) is 3.07. The Bertz CT molecular complexity index is 959. The summed E-state index contributed by atoms with van der Waals surface area (Å²) in [5.41, 5.74) is 2.01. The first-order chi connectivity index (χ1) is 12.0. The molecule has 0 unspecified atom stereocenters. The zero-order valence-corrected chi connectivity index (χ0v) is 13.9. The highest BCUT2D eigenvalue weighted by atomic mass is 16.5. The normalized spacial score (nSPS) is 10.6. The van der Waals surface area contributed by atoms with Gasteiger partial charge in [0.15, 0.2) is 0 Å². The Morgan fingerprint density at radius 2 is 1.92 bits per heavy atom. The summed E-state index contributed by atoms with van der Waals surface area (Å²) in [6.07, 6.45) is -0.0276. The molecule has 0 saturated heterocycles. The van der Waals surface area contributed by atoms with Gasteiger partial charge in [-0.1, -0.05) is 24.3 Å². The molecule has 3 rings (SSSR count). The number of carboxylic acids is 1. The van der Waals surface area contributed by atoms with Crippen LogP contribution in [0, 0.1) is 0 Å². The highest BCUT2D eigenvalue weighted by Crippen LogP contribution is 2.26. The largest absolute Gasteiger partial charge is 0.497 e. The van der Waals surface area contributed by atoms with E-state index in [1.807, 2.05) is 24.3 Å². The van der Waals surface area contributed by atoms with Gasteiger partial charge in [-0.05, 0) is 18.2 Å². The Hall–Kier alpha value is -3.28. The number of aryl methyl sites for hydroxylation is 1.